The first-order valence-corrected chi connectivity index (χ1v) is 12.7. The van der Waals surface area contributed by atoms with Crippen LogP contribution in [-0.4, -0.2) is 54.7 Å². The first-order valence-electron chi connectivity index (χ1n) is 12.7. The molecule has 7 heteroatoms. The minimum atomic E-state index is -0.0125. The van der Waals surface area contributed by atoms with E-state index in [-0.39, 0.29) is 5.91 Å². The van der Waals surface area contributed by atoms with Crippen LogP contribution in [0.15, 0.2) is 65.2 Å². The van der Waals surface area contributed by atoms with Crippen LogP contribution < -0.4 is 10.2 Å². The highest BCUT2D eigenvalue weighted by atomic mass is 16.5. The Morgan fingerprint density at radius 2 is 1.81 bits per heavy atom. The van der Waals surface area contributed by atoms with Crippen LogP contribution in [0.25, 0.3) is 22.5 Å². The smallest absolute Gasteiger partial charge is 0.228 e. The van der Waals surface area contributed by atoms with E-state index in [0.29, 0.717) is 18.1 Å². The van der Waals surface area contributed by atoms with Crippen molar-refractivity contribution in [2.75, 3.05) is 43.9 Å². The molecule has 190 valence electrons. The van der Waals surface area contributed by atoms with Crippen molar-refractivity contribution in [1.82, 2.24) is 15.0 Å². The Morgan fingerprint density at radius 1 is 1.03 bits per heavy atom. The van der Waals surface area contributed by atoms with Gasteiger partial charge in [-0.05, 0) is 73.5 Å². The summed E-state index contributed by atoms with van der Waals surface area (Å²) in [7, 11) is 4.19. The lowest BCUT2D eigenvalue weighted by molar-refractivity contribution is -0.115. The molecular weight excluding hydrogens is 462 g/mol. The lowest BCUT2D eigenvalue weighted by Gasteiger charge is -2.22. The summed E-state index contributed by atoms with van der Waals surface area (Å²) in [5.74, 6) is 1.13. The van der Waals surface area contributed by atoms with Crippen LogP contribution in [0.5, 0.6) is 0 Å². The van der Waals surface area contributed by atoms with E-state index in [1.807, 2.05) is 24.3 Å². The fourth-order valence-corrected chi connectivity index (χ4v) is 4.81. The van der Waals surface area contributed by atoms with Crippen molar-refractivity contribution in [1.29, 1.82) is 0 Å². The van der Waals surface area contributed by atoms with E-state index in [9.17, 15) is 4.79 Å². The standard InChI is InChI=1S/C30H33N5O2/c1-20-17-25(30-31-21(2)37-33-30)10-12-27(20)23-7-5-22(6-8-23)18-29(36)32-26-11-9-24-13-14-35(28(24)19-26)16-15-34(3)4/h5-12,17,19H,13-16,18H2,1-4H3,(H,32,36). The normalized spacial score (nSPS) is 12.7. The lowest BCUT2D eigenvalue weighted by atomic mass is 9.97. The zero-order valence-corrected chi connectivity index (χ0v) is 21.9. The Hall–Kier alpha value is -3.97. The highest BCUT2D eigenvalue weighted by molar-refractivity contribution is 5.93. The van der Waals surface area contributed by atoms with Gasteiger partial charge in [-0.2, -0.15) is 4.98 Å². The largest absolute Gasteiger partial charge is 0.370 e. The van der Waals surface area contributed by atoms with Gasteiger partial charge in [0.15, 0.2) is 0 Å². The summed E-state index contributed by atoms with van der Waals surface area (Å²) in [6.07, 6.45) is 1.39. The Morgan fingerprint density at radius 3 is 2.51 bits per heavy atom. The number of nitrogens with zero attached hydrogens (tertiary/aromatic N) is 4. The van der Waals surface area contributed by atoms with Gasteiger partial charge >= 0.3 is 0 Å². The molecule has 4 aromatic rings. The average Bonchev–Trinajstić information content (AvgIpc) is 3.49. The van der Waals surface area contributed by atoms with Gasteiger partial charge in [0.25, 0.3) is 0 Å². The Labute approximate surface area is 218 Å². The molecule has 0 unspecified atom stereocenters. The van der Waals surface area contributed by atoms with Crippen molar-refractivity contribution in [3.63, 3.8) is 0 Å². The second-order valence-electron chi connectivity index (χ2n) is 9.97. The fraction of sp³-hybridized carbons (Fsp3) is 0.300. The van der Waals surface area contributed by atoms with Gasteiger partial charge in [-0.1, -0.05) is 47.6 Å². The molecule has 0 aliphatic carbocycles. The van der Waals surface area contributed by atoms with Gasteiger partial charge in [-0.3, -0.25) is 4.79 Å². The molecule has 7 nitrogen and oxygen atoms in total. The number of fused-ring (bicyclic) bond motifs is 1. The molecule has 0 fully saturated rings. The molecule has 0 saturated heterocycles. The Bertz CT molecular complexity index is 1410. The number of nitrogens with one attached hydrogen (secondary N) is 1. The van der Waals surface area contributed by atoms with E-state index >= 15 is 0 Å². The summed E-state index contributed by atoms with van der Waals surface area (Å²) < 4.78 is 5.10. The third kappa shape index (κ3) is 5.73. The molecule has 5 rings (SSSR count). The zero-order chi connectivity index (χ0) is 25.9. The molecule has 37 heavy (non-hydrogen) atoms. The number of rotatable bonds is 8. The first kappa shape index (κ1) is 24.7. The quantitative estimate of drug-likeness (QED) is 0.366. The summed E-state index contributed by atoms with van der Waals surface area (Å²) in [5.41, 5.74) is 8.71. The van der Waals surface area contributed by atoms with Crippen molar-refractivity contribution in [2.45, 2.75) is 26.7 Å². The van der Waals surface area contributed by atoms with Crippen molar-refractivity contribution in [3.05, 3.63) is 83.2 Å². The number of aromatic nitrogens is 2. The van der Waals surface area contributed by atoms with Crippen molar-refractivity contribution in [3.8, 4) is 22.5 Å². The van der Waals surface area contributed by atoms with Gasteiger partial charge in [0, 0.05) is 43.5 Å². The molecule has 0 radical (unpaired) electrons. The van der Waals surface area contributed by atoms with Gasteiger partial charge in [-0.25, -0.2) is 0 Å². The second kappa shape index (κ2) is 10.6. The minimum Gasteiger partial charge on any atom is -0.370 e. The summed E-state index contributed by atoms with van der Waals surface area (Å²) in [4.78, 5) is 21.7. The highest BCUT2D eigenvalue weighted by Crippen LogP contribution is 2.31. The number of carbonyl (C=O) groups is 1. The maximum Gasteiger partial charge on any atom is 0.228 e. The van der Waals surface area contributed by atoms with Gasteiger partial charge in [0.05, 0.1) is 6.42 Å². The van der Waals surface area contributed by atoms with Gasteiger partial charge < -0.3 is 19.6 Å². The second-order valence-corrected chi connectivity index (χ2v) is 9.97. The number of hydrogen-bond donors (Lipinski definition) is 1. The third-order valence-corrected chi connectivity index (χ3v) is 6.82. The summed E-state index contributed by atoms with van der Waals surface area (Å²) in [6, 6.07) is 20.6. The monoisotopic (exact) mass is 495 g/mol. The molecule has 0 bridgehead atoms. The SMILES string of the molecule is Cc1nc(-c2ccc(-c3ccc(CC(=O)Nc4ccc5c(c4)N(CCN(C)C)CC5)cc3)c(C)c2)no1. The van der Waals surface area contributed by atoms with Crippen LogP contribution in [0.2, 0.25) is 0 Å². The molecule has 1 amide bonds. The molecule has 1 aliphatic rings. The number of likely N-dealkylation sites (N-methyl/N-ethyl adjacent to an activating group) is 1. The molecule has 0 atom stereocenters. The summed E-state index contributed by atoms with van der Waals surface area (Å²) >= 11 is 0. The van der Waals surface area contributed by atoms with Gasteiger partial charge in [0.1, 0.15) is 0 Å². The zero-order valence-electron chi connectivity index (χ0n) is 21.9. The van der Waals surface area contributed by atoms with E-state index in [1.165, 1.54) is 11.3 Å². The molecular formula is C30H33N5O2. The maximum atomic E-state index is 12.8. The van der Waals surface area contributed by atoms with E-state index < -0.39 is 0 Å². The molecule has 1 aliphatic heterocycles. The van der Waals surface area contributed by atoms with E-state index in [0.717, 1.165) is 59.6 Å². The van der Waals surface area contributed by atoms with Crippen LogP contribution in [0, 0.1) is 13.8 Å². The molecule has 0 spiro atoms. The van der Waals surface area contributed by atoms with E-state index in [2.05, 4.69) is 82.7 Å². The van der Waals surface area contributed by atoms with Crippen LogP contribution in [0.1, 0.15) is 22.6 Å². The van der Waals surface area contributed by atoms with Crippen molar-refractivity contribution >= 4 is 17.3 Å². The van der Waals surface area contributed by atoms with Crippen LogP contribution in [0.4, 0.5) is 11.4 Å². The van der Waals surface area contributed by atoms with Gasteiger partial charge in [0.2, 0.25) is 17.6 Å². The Kier molecular flexibility index (Phi) is 7.06. The van der Waals surface area contributed by atoms with E-state index in [1.54, 1.807) is 6.92 Å². The van der Waals surface area contributed by atoms with Crippen LogP contribution in [-0.2, 0) is 17.6 Å². The average molecular weight is 496 g/mol. The highest BCUT2D eigenvalue weighted by Gasteiger charge is 2.19. The van der Waals surface area contributed by atoms with Crippen molar-refractivity contribution in [2.24, 2.45) is 0 Å². The predicted molar refractivity (Wildman–Crippen MR) is 148 cm³/mol. The molecule has 2 heterocycles. The van der Waals surface area contributed by atoms with E-state index in [4.69, 9.17) is 4.52 Å². The number of benzene rings is 3. The fourth-order valence-electron chi connectivity index (χ4n) is 4.81. The Balaban J connectivity index is 1.22. The molecule has 3 aromatic carbocycles. The summed E-state index contributed by atoms with van der Waals surface area (Å²) in [5, 5.41) is 7.09. The lowest BCUT2D eigenvalue weighted by Crippen LogP contribution is -2.30. The number of carbonyl (C=O) groups excluding carboxylic acids is 1. The third-order valence-electron chi connectivity index (χ3n) is 6.82. The predicted octanol–water partition coefficient (Wildman–Crippen LogP) is 5.13. The number of hydrogen-bond acceptors (Lipinski definition) is 6. The summed E-state index contributed by atoms with van der Waals surface area (Å²) in [6.45, 7) is 6.89. The maximum absolute atomic E-state index is 12.8. The molecule has 0 saturated carbocycles. The molecule has 1 aromatic heterocycles. The number of amides is 1. The topological polar surface area (TPSA) is 74.5 Å². The van der Waals surface area contributed by atoms with Crippen LogP contribution in [0.3, 0.4) is 0 Å². The minimum absolute atomic E-state index is 0.0125. The van der Waals surface area contributed by atoms with Crippen molar-refractivity contribution < 1.29 is 9.32 Å². The van der Waals surface area contributed by atoms with Crippen LogP contribution >= 0.6 is 0 Å². The first-order chi connectivity index (χ1) is 17.9. The number of anilines is 2. The van der Waals surface area contributed by atoms with Gasteiger partial charge in [-0.15, -0.1) is 0 Å². The molecule has 1 N–H and O–H groups in total. The number of aryl methyl sites for hydroxylation is 2.